The predicted octanol–water partition coefficient (Wildman–Crippen LogP) is 4.16. The number of benzene rings is 2. The lowest BCUT2D eigenvalue weighted by Gasteiger charge is -2.08. The van der Waals surface area contributed by atoms with E-state index in [0.717, 1.165) is 22.5 Å². The molecule has 0 atom stereocenters. The summed E-state index contributed by atoms with van der Waals surface area (Å²) in [5.41, 5.74) is 3.91. The minimum atomic E-state index is -0.200. The molecule has 142 valence electrons. The summed E-state index contributed by atoms with van der Waals surface area (Å²) in [6.45, 7) is 1.85. The van der Waals surface area contributed by atoms with Gasteiger partial charge in [0.25, 0.3) is 5.56 Å². The van der Waals surface area contributed by atoms with E-state index in [-0.39, 0.29) is 5.56 Å². The summed E-state index contributed by atoms with van der Waals surface area (Å²) in [7, 11) is 1.83. The van der Waals surface area contributed by atoms with Gasteiger partial charge in [-0.15, -0.1) is 0 Å². The molecule has 0 saturated heterocycles. The molecule has 0 amide bonds. The Morgan fingerprint density at radius 2 is 1.66 bits per heavy atom. The van der Waals surface area contributed by atoms with E-state index < -0.39 is 0 Å². The van der Waals surface area contributed by atoms with Crippen molar-refractivity contribution in [3.63, 3.8) is 0 Å². The molecule has 1 N–H and O–H groups in total. The van der Waals surface area contributed by atoms with Crippen molar-refractivity contribution in [3.05, 3.63) is 94.5 Å². The highest BCUT2D eigenvalue weighted by atomic mass is 16.1. The number of nitriles is 1. The Labute approximate surface area is 168 Å². The summed E-state index contributed by atoms with van der Waals surface area (Å²) in [4.78, 5) is 17.5. The van der Waals surface area contributed by atoms with Crippen molar-refractivity contribution in [1.29, 1.82) is 5.26 Å². The van der Waals surface area contributed by atoms with E-state index in [1.165, 1.54) is 0 Å². The smallest absolute Gasteiger partial charge is 0.295 e. The van der Waals surface area contributed by atoms with E-state index in [1.807, 2.05) is 74.6 Å². The molecule has 0 aliphatic carbocycles. The highest BCUT2D eigenvalue weighted by Crippen LogP contribution is 2.25. The molecule has 0 aliphatic heterocycles. The zero-order valence-electron chi connectivity index (χ0n) is 16.1. The summed E-state index contributed by atoms with van der Waals surface area (Å²) >= 11 is 0. The lowest BCUT2D eigenvalue weighted by molar-refractivity contribution is 0.630. The fraction of sp³-hybridized carbons (Fsp3) is 0.0870. The SMILES string of the molecule is Cc1c(Nc2ncc(-c3ccccc3)cc2C#N)c(=O)n(-c2ccccc2)n1C. The van der Waals surface area contributed by atoms with E-state index in [9.17, 15) is 10.1 Å². The number of hydrogen-bond donors (Lipinski definition) is 1. The van der Waals surface area contributed by atoms with Gasteiger partial charge < -0.3 is 5.32 Å². The van der Waals surface area contributed by atoms with Crippen LogP contribution < -0.4 is 10.9 Å². The van der Waals surface area contributed by atoms with Crippen LogP contribution in [0.4, 0.5) is 11.5 Å². The fourth-order valence-electron chi connectivity index (χ4n) is 3.27. The number of aromatic nitrogens is 3. The third-order valence-electron chi connectivity index (χ3n) is 4.91. The van der Waals surface area contributed by atoms with Gasteiger partial charge in [-0.05, 0) is 30.7 Å². The molecule has 6 heteroatoms. The summed E-state index contributed by atoms with van der Waals surface area (Å²) in [5, 5.41) is 12.7. The van der Waals surface area contributed by atoms with E-state index >= 15 is 0 Å². The Kier molecular flexibility index (Phi) is 4.71. The Morgan fingerprint density at radius 1 is 1.00 bits per heavy atom. The first-order valence-electron chi connectivity index (χ1n) is 9.16. The Hall–Kier alpha value is -4.11. The summed E-state index contributed by atoms with van der Waals surface area (Å²) < 4.78 is 3.37. The first kappa shape index (κ1) is 18.3. The molecule has 0 unspecified atom stereocenters. The number of pyridine rings is 1. The lowest BCUT2D eigenvalue weighted by atomic mass is 10.1. The summed E-state index contributed by atoms with van der Waals surface area (Å²) in [6, 6.07) is 23.1. The van der Waals surface area contributed by atoms with Crippen molar-refractivity contribution < 1.29 is 0 Å². The molecule has 29 heavy (non-hydrogen) atoms. The van der Waals surface area contributed by atoms with Crippen LogP contribution in [0.2, 0.25) is 0 Å². The number of nitrogens with zero attached hydrogens (tertiary/aromatic N) is 4. The van der Waals surface area contributed by atoms with E-state index in [2.05, 4.69) is 16.4 Å². The average Bonchev–Trinajstić information content (AvgIpc) is 2.98. The van der Waals surface area contributed by atoms with Gasteiger partial charge in [0, 0.05) is 18.8 Å². The Morgan fingerprint density at radius 3 is 2.31 bits per heavy atom. The van der Waals surface area contributed by atoms with E-state index in [1.54, 1.807) is 21.6 Å². The fourth-order valence-corrected chi connectivity index (χ4v) is 3.27. The second-order valence-electron chi connectivity index (χ2n) is 6.66. The molecule has 4 rings (SSSR count). The van der Waals surface area contributed by atoms with Gasteiger partial charge >= 0.3 is 0 Å². The molecule has 0 spiro atoms. The maximum atomic E-state index is 13.1. The van der Waals surface area contributed by atoms with Crippen LogP contribution in [-0.2, 0) is 7.05 Å². The highest BCUT2D eigenvalue weighted by Gasteiger charge is 2.18. The molecule has 2 aromatic carbocycles. The lowest BCUT2D eigenvalue weighted by Crippen LogP contribution is -2.20. The number of para-hydroxylation sites is 1. The van der Waals surface area contributed by atoms with Crippen LogP contribution in [0.1, 0.15) is 11.3 Å². The zero-order valence-corrected chi connectivity index (χ0v) is 16.1. The number of rotatable bonds is 4. The van der Waals surface area contributed by atoms with Gasteiger partial charge in [0.2, 0.25) is 0 Å². The van der Waals surface area contributed by atoms with Gasteiger partial charge in [0.15, 0.2) is 0 Å². The monoisotopic (exact) mass is 381 g/mol. The maximum absolute atomic E-state index is 13.1. The minimum absolute atomic E-state index is 0.200. The van der Waals surface area contributed by atoms with Crippen LogP contribution in [0.3, 0.4) is 0 Å². The van der Waals surface area contributed by atoms with Crippen LogP contribution in [0.25, 0.3) is 16.8 Å². The molecule has 0 fully saturated rings. The van der Waals surface area contributed by atoms with Crippen LogP contribution in [0.15, 0.2) is 77.7 Å². The summed E-state index contributed by atoms with van der Waals surface area (Å²) in [6.07, 6.45) is 1.70. The first-order chi connectivity index (χ1) is 14.1. The Balaban J connectivity index is 1.76. The molecule has 0 saturated carbocycles. The van der Waals surface area contributed by atoms with Crippen molar-refractivity contribution in [2.24, 2.45) is 7.05 Å². The molecule has 6 nitrogen and oxygen atoms in total. The van der Waals surface area contributed by atoms with Crippen molar-refractivity contribution in [3.8, 4) is 22.9 Å². The van der Waals surface area contributed by atoms with Crippen molar-refractivity contribution in [1.82, 2.24) is 14.3 Å². The van der Waals surface area contributed by atoms with Gasteiger partial charge in [0.05, 0.1) is 16.9 Å². The van der Waals surface area contributed by atoms with E-state index in [4.69, 9.17) is 0 Å². The Bertz CT molecular complexity index is 1260. The zero-order chi connectivity index (χ0) is 20.4. The van der Waals surface area contributed by atoms with E-state index in [0.29, 0.717) is 17.1 Å². The standard InChI is InChI=1S/C23H19N5O/c1-16-21(23(29)28(27(16)2)20-11-7-4-8-12-20)26-22-18(14-24)13-19(15-25-22)17-9-5-3-6-10-17/h3-13,15H,1-2H3,(H,25,26). The molecule has 2 heterocycles. The minimum Gasteiger partial charge on any atom is -0.333 e. The summed E-state index contributed by atoms with van der Waals surface area (Å²) in [5.74, 6) is 0.359. The average molecular weight is 381 g/mol. The topological polar surface area (TPSA) is 75.6 Å². The molecular weight excluding hydrogens is 362 g/mol. The molecule has 0 aliphatic rings. The van der Waals surface area contributed by atoms with Crippen LogP contribution >= 0.6 is 0 Å². The first-order valence-corrected chi connectivity index (χ1v) is 9.16. The van der Waals surface area contributed by atoms with Crippen LogP contribution in [0.5, 0.6) is 0 Å². The molecular formula is C23H19N5O. The highest BCUT2D eigenvalue weighted by molar-refractivity contribution is 5.71. The van der Waals surface area contributed by atoms with Crippen LogP contribution in [-0.4, -0.2) is 14.3 Å². The van der Waals surface area contributed by atoms with Crippen LogP contribution in [0, 0.1) is 18.3 Å². The van der Waals surface area contributed by atoms with Gasteiger partial charge in [-0.25, -0.2) is 9.67 Å². The van der Waals surface area contributed by atoms with Gasteiger partial charge in [-0.1, -0.05) is 48.5 Å². The van der Waals surface area contributed by atoms with Crippen molar-refractivity contribution in [2.45, 2.75) is 6.92 Å². The largest absolute Gasteiger partial charge is 0.333 e. The normalized spacial score (nSPS) is 10.5. The second-order valence-corrected chi connectivity index (χ2v) is 6.66. The number of anilines is 2. The predicted molar refractivity (Wildman–Crippen MR) is 113 cm³/mol. The molecule has 0 radical (unpaired) electrons. The number of hydrogen-bond acceptors (Lipinski definition) is 4. The van der Waals surface area contributed by atoms with Crippen molar-refractivity contribution in [2.75, 3.05) is 5.32 Å². The van der Waals surface area contributed by atoms with Crippen molar-refractivity contribution >= 4 is 11.5 Å². The number of nitrogens with one attached hydrogen (secondary N) is 1. The third-order valence-corrected chi connectivity index (χ3v) is 4.91. The van der Waals surface area contributed by atoms with Gasteiger partial charge in [0.1, 0.15) is 17.6 Å². The molecule has 2 aromatic heterocycles. The molecule has 0 bridgehead atoms. The maximum Gasteiger partial charge on any atom is 0.295 e. The molecule has 4 aromatic rings. The van der Waals surface area contributed by atoms with Gasteiger partial charge in [-0.3, -0.25) is 9.48 Å². The second kappa shape index (κ2) is 7.49. The third kappa shape index (κ3) is 3.30. The van der Waals surface area contributed by atoms with Gasteiger partial charge in [-0.2, -0.15) is 5.26 Å². The quantitative estimate of drug-likeness (QED) is 0.576.